The minimum absolute atomic E-state index is 0.0201. The molecule has 174 valence electrons. The van der Waals surface area contributed by atoms with Crippen LogP contribution in [0.4, 0.5) is 9.18 Å². The molecule has 2 aromatic rings. The SMILES string of the molecule is Cc1cc(C(=O)N2CCC(COC(=O)NC(C)(C)CO)CC2)c(C)n1-c1ccc(F)cc1. The van der Waals surface area contributed by atoms with Gasteiger partial charge in [-0.15, -0.1) is 0 Å². The second kappa shape index (κ2) is 9.73. The molecule has 0 aliphatic carbocycles. The van der Waals surface area contributed by atoms with Gasteiger partial charge in [-0.3, -0.25) is 4.79 Å². The molecule has 1 fully saturated rings. The maximum absolute atomic E-state index is 13.3. The van der Waals surface area contributed by atoms with Crippen molar-refractivity contribution in [2.75, 3.05) is 26.3 Å². The molecule has 1 aliphatic rings. The molecule has 2 amide bonds. The lowest BCUT2D eigenvalue weighted by Gasteiger charge is -2.32. The van der Waals surface area contributed by atoms with Crippen molar-refractivity contribution < 1.29 is 23.8 Å². The molecular formula is C24H32FN3O4. The van der Waals surface area contributed by atoms with Crippen molar-refractivity contribution >= 4 is 12.0 Å². The van der Waals surface area contributed by atoms with E-state index in [9.17, 15) is 19.1 Å². The number of alkyl carbamates (subject to hydrolysis) is 1. The number of hydrogen-bond acceptors (Lipinski definition) is 4. The Bertz CT molecular complexity index is 960. The maximum Gasteiger partial charge on any atom is 0.407 e. The summed E-state index contributed by atoms with van der Waals surface area (Å²) in [6, 6.07) is 8.10. The fourth-order valence-corrected chi connectivity index (χ4v) is 3.99. The van der Waals surface area contributed by atoms with E-state index in [1.54, 1.807) is 26.0 Å². The molecule has 1 aromatic carbocycles. The highest BCUT2D eigenvalue weighted by Gasteiger charge is 2.28. The Hall–Kier alpha value is -2.87. The number of benzene rings is 1. The van der Waals surface area contributed by atoms with Gasteiger partial charge < -0.3 is 24.6 Å². The summed E-state index contributed by atoms with van der Waals surface area (Å²) in [7, 11) is 0. The molecule has 1 aromatic heterocycles. The van der Waals surface area contributed by atoms with Crippen molar-refractivity contribution in [3.63, 3.8) is 0 Å². The number of nitrogens with one attached hydrogen (secondary N) is 1. The summed E-state index contributed by atoms with van der Waals surface area (Å²) in [5, 5.41) is 11.9. The van der Waals surface area contributed by atoms with E-state index in [1.165, 1.54) is 12.1 Å². The van der Waals surface area contributed by atoms with Gasteiger partial charge in [-0.2, -0.15) is 0 Å². The normalized spacial score (nSPS) is 15.0. The fourth-order valence-electron chi connectivity index (χ4n) is 3.99. The molecule has 0 bridgehead atoms. The second-order valence-electron chi connectivity index (χ2n) is 9.10. The van der Waals surface area contributed by atoms with Crippen LogP contribution in [0, 0.1) is 25.6 Å². The first-order valence-corrected chi connectivity index (χ1v) is 10.9. The van der Waals surface area contributed by atoms with Crippen LogP contribution in [-0.4, -0.2) is 58.4 Å². The Morgan fingerprint density at radius 3 is 2.41 bits per heavy atom. The first kappa shape index (κ1) is 23.8. The molecular weight excluding hydrogens is 413 g/mol. The quantitative estimate of drug-likeness (QED) is 0.712. The fraction of sp³-hybridized carbons (Fsp3) is 0.500. The molecule has 8 heteroatoms. The number of aliphatic hydroxyl groups is 1. The summed E-state index contributed by atoms with van der Waals surface area (Å²) < 4.78 is 20.5. The third kappa shape index (κ3) is 5.48. The van der Waals surface area contributed by atoms with Crippen molar-refractivity contribution in [1.82, 2.24) is 14.8 Å². The van der Waals surface area contributed by atoms with Crippen molar-refractivity contribution in [1.29, 1.82) is 0 Å². The lowest BCUT2D eigenvalue weighted by molar-refractivity contribution is 0.0602. The summed E-state index contributed by atoms with van der Waals surface area (Å²) in [4.78, 5) is 26.9. The molecule has 7 nitrogen and oxygen atoms in total. The van der Waals surface area contributed by atoms with Gasteiger partial charge in [0.05, 0.1) is 24.3 Å². The number of piperidine rings is 1. The Balaban J connectivity index is 1.57. The third-order valence-corrected chi connectivity index (χ3v) is 5.93. The predicted octanol–water partition coefficient (Wildman–Crippen LogP) is 3.58. The molecule has 2 N–H and O–H groups in total. The zero-order valence-corrected chi connectivity index (χ0v) is 19.2. The molecule has 0 spiro atoms. The number of carbonyl (C=O) groups excluding carboxylic acids is 2. The summed E-state index contributed by atoms with van der Waals surface area (Å²) in [5.41, 5.74) is 2.48. The van der Waals surface area contributed by atoms with Gasteiger partial charge in [0.25, 0.3) is 5.91 Å². The number of nitrogens with zero attached hydrogens (tertiary/aromatic N) is 2. The largest absolute Gasteiger partial charge is 0.449 e. The molecule has 0 unspecified atom stereocenters. The van der Waals surface area contributed by atoms with Gasteiger partial charge in [0.15, 0.2) is 0 Å². The smallest absolute Gasteiger partial charge is 0.407 e. The predicted molar refractivity (Wildman–Crippen MR) is 119 cm³/mol. The Morgan fingerprint density at radius 2 is 1.81 bits per heavy atom. The number of hydrogen-bond donors (Lipinski definition) is 2. The van der Waals surface area contributed by atoms with E-state index in [2.05, 4.69) is 5.32 Å². The van der Waals surface area contributed by atoms with Gasteiger partial charge in [0.2, 0.25) is 0 Å². The van der Waals surface area contributed by atoms with Gasteiger partial charge in [-0.25, -0.2) is 9.18 Å². The molecule has 1 aliphatic heterocycles. The van der Waals surface area contributed by atoms with E-state index in [-0.39, 0.29) is 30.9 Å². The maximum atomic E-state index is 13.3. The number of rotatable bonds is 6. The Labute approximate surface area is 188 Å². The van der Waals surface area contributed by atoms with Crippen molar-refractivity contribution in [3.8, 4) is 5.69 Å². The average molecular weight is 446 g/mol. The summed E-state index contributed by atoms with van der Waals surface area (Å²) in [6.07, 6.45) is 0.953. The van der Waals surface area contributed by atoms with Crippen LogP contribution in [0.5, 0.6) is 0 Å². The van der Waals surface area contributed by atoms with Gasteiger partial charge in [0, 0.05) is 30.2 Å². The van der Waals surface area contributed by atoms with Crippen LogP contribution >= 0.6 is 0 Å². The van der Waals surface area contributed by atoms with Crippen LogP contribution in [0.1, 0.15) is 48.4 Å². The highest BCUT2D eigenvalue weighted by molar-refractivity contribution is 5.96. The van der Waals surface area contributed by atoms with E-state index >= 15 is 0 Å². The molecule has 2 heterocycles. The molecule has 0 atom stereocenters. The topological polar surface area (TPSA) is 83.8 Å². The molecule has 32 heavy (non-hydrogen) atoms. The van der Waals surface area contributed by atoms with Crippen molar-refractivity contribution in [3.05, 3.63) is 53.1 Å². The average Bonchev–Trinajstić information content (AvgIpc) is 3.06. The number of ether oxygens (including phenoxy) is 1. The van der Waals surface area contributed by atoms with Gasteiger partial charge >= 0.3 is 6.09 Å². The van der Waals surface area contributed by atoms with Crippen LogP contribution in [0.3, 0.4) is 0 Å². The Morgan fingerprint density at radius 1 is 1.19 bits per heavy atom. The van der Waals surface area contributed by atoms with Crippen molar-refractivity contribution in [2.24, 2.45) is 5.92 Å². The standard InChI is InChI=1S/C24H32FN3O4/c1-16-13-21(17(2)28(16)20-7-5-19(25)6-8-20)22(30)27-11-9-18(10-12-27)14-32-23(31)26-24(3,4)15-29/h5-8,13,18,29H,9-12,14-15H2,1-4H3,(H,26,31). The van der Waals surface area contributed by atoms with Gasteiger partial charge in [0.1, 0.15) is 5.82 Å². The molecule has 1 saturated heterocycles. The monoisotopic (exact) mass is 445 g/mol. The van der Waals surface area contributed by atoms with E-state index in [0.29, 0.717) is 18.7 Å². The number of halogens is 1. The van der Waals surface area contributed by atoms with Crippen LogP contribution < -0.4 is 5.32 Å². The van der Waals surface area contributed by atoms with E-state index in [1.807, 2.05) is 29.4 Å². The number of likely N-dealkylation sites (tertiary alicyclic amines) is 1. The zero-order chi connectivity index (χ0) is 23.5. The van der Waals surface area contributed by atoms with Crippen LogP contribution in [0.15, 0.2) is 30.3 Å². The lowest BCUT2D eigenvalue weighted by Crippen LogP contribution is -2.47. The summed E-state index contributed by atoms with van der Waals surface area (Å²) in [6.45, 7) is 8.56. The molecule has 0 radical (unpaired) electrons. The Kier molecular flexibility index (Phi) is 7.23. The molecule has 3 rings (SSSR count). The van der Waals surface area contributed by atoms with Gasteiger partial charge in [-0.1, -0.05) is 0 Å². The lowest BCUT2D eigenvalue weighted by atomic mass is 9.97. The third-order valence-electron chi connectivity index (χ3n) is 5.93. The number of amides is 2. The number of aliphatic hydroxyl groups excluding tert-OH is 1. The van der Waals surface area contributed by atoms with Crippen LogP contribution in [-0.2, 0) is 4.74 Å². The first-order valence-electron chi connectivity index (χ1n) is 10.9. The van der Waals surface area contributed by atoms with E-state index in [0.717, 1.165) is 29.9 Å². The van der Waals surface area contributed by atoms with Crippen LogP contribution in [0.25, 0.3) is 5.69 Å². The molecule has 0 saturated carbocycles. The summed E-state index contributed by atoms with van der Waals surface area (Å²) >= 11 is 0. The number of aryl methyl sites for hydroxylation is 1. The highest BCUT2D eigenvalue weighted by atomic mass is 19.1. The second-order valence-corrected chi connectivity index (χ2v) is 9.10. The van der Waals surface area contributed by atoms with Gasteiger partial charge in [-0.05, 0) is 76.8 Å². The minimum atomic E-state index is -0.729. The van der Waals surface area contributed by atoms with E-state index in [4.69, 9.17) is 4.74 Å². The van der Waals surface area contributed by atoms with Crippen molar-refractivity contribution in [2.45, 2.75) is 46.1 Å². The highest BCUT2D eigenvalue weighted by Crippen LogP contribution is 2.25. The van der Waals surface area contributed by atoms with E-state index < -0.39 is 11.6 Å². The first-order chi connectivity index (χ1) is 15.1. The number of carbonyl (C=O) groups is 2. The summed E-state index contributed by atoms with van der Waals surface area (Å²) in [5.74, 6) is -0.129. The number of aromatic nitrogens is 1. The zero-order valence-electron chi connectivity index (χ0n) is 19.2. The minimum Gasteiger partial charge on any atom is -0.449 e. The van der Waals surface area contributed by atoms with Crippen LogP contribution in [0.2, 0.25) is 0 Å².